The van der Waals surface area contributed by atoms with E-state index >= 15 is 0 Å². The van der Waals surface area contributed by atoms with Crippen molar-refractivity contribution in [1.29, 1.82) is 0 Å². The van der Waals surface area contributed by atoms with Crippen LogP contribution in [0.15, 0.2) is 18.2 Å². The summed E-state index contributed by atoms with van der Waals surface area (Å²) >= 11 is 0. The highest BCUT2D eigenvalue weighted by Gasteiger charge is 2.26. The number of benzene rings is 1. The third kappa shape index (κ3) is 4.34. The molecule has 112 valence electrons. The van der Waals surface area contributed by atoms with Gasteiger partial charge in [0.15, 0.2) is 0 Å². The number of rotatable bonds is 5. The first kappa shape index (κ1) is 15.6. The van der Waals surface area contributed by atoms with Crippen LogP contribution < -0.4 is 5.73 Å². The Labute approximate surface area is 127 Å². The molecular weight excluding hydrogens is 260 g/mol. The Kier molecular flexibility index (Phi) is 5.41. The van der Waals surface area contributed by atoms with E-state index in [0.29, 0.717) is 12.5 Å². The molecule has 1 aromatic rings. The van der Waals surface area contributed by atoms with Crippen LogP contribution in [0.1, 0.15) is 47.7 Å². The van der Waals surface area contributed by atoms with Gasteiger partial charge in [-0.25, -0.2) is 0 Å². The van der Waals surface area contributed by atoms with Gasteiger partial charge >= 0.3 is 0 Å². The first-order valence-corrected chi connectivity index (χ1v) is 7.74. The Morgan fingerprint density at radius 1 is 1.43 bits per heavy atom. The van der Waals surface area contributed by atoms with Gasteiger partial charge in [-0.1, -0.05) is 24.8 Å². The van der Waals surface area contributed by atoms with Crippen molar-refractivity contribution in [2.45, 2.75) is 33.1 Å². The van der Waals surface area contributed by atoms with Gasteiger partial charge in [0.25, 0.3) is 5.91 Å². The third-order valence-corrected chi connectivity index (χ3v) is 3.77. The van der Waals surface area contributed by atoms with Gasteiger partial charge < -0.3 is 10.6 Å². The number of hydrogen-bond donors (Lipinski definition) is 1. The second-order valence-electron chi connectivity index (χ2n) is 5.73. The lowest BCUT2D eigenvalue weighted by Crippen LogP contribution is -2.33. The van der Waals surface area contributed by atoms with E-state index in [9.17, 15) is 4.79 Å². The highest BCUT2D eigenvalue weighted by molar-refractivity contribution is 5.94. The zero-order valence-electron chi connectivity index (χ0n) is 13.0. The van der Waals surface area contributed by atoms with Gasteiger partial charge in [-0.2, -0.15) is 0 Å². The molecule has 3 nitrogen and oxygen atoms in total. The molecule has 0 saturated heterocycles. The molecule has 0 aliphatic heterocycles. The molecule has 1 fully saturated rings. The number of nitrogens with two attached hydrogens (primary N) is 1. The van der Waals surface area contributed by atoms with Crippen molar-refractivity contribution in [1.82, 2.24) is 4.90 Å². The van der Waals surface area contributed by atoms with Crippen LogP contribution in [0.5, 0.6) is 0 Å². The first-order chi connectivity index (χ1) is 10.2. The van der Waals surface area contributed by atoms with E-state index in [2.05, 4.69) is 18.8 Å². The Hall–Kier alpha value is -1.79. The minimum Gasteiger partial charge on any atom is -0.338 e. The van der Waals surface area contributed by atoms with Gasteiger partial charge in [0.1, 0.15) is 0 Å². The zero-order chi connectivity index (χ0) is 15.2. The van der Waals surface area contributed by atoms with Crippen molar-refractivity contribution in [2.75, 3.05) is 19.6 Å². The average molecular weight is 284 g/mol. The fourth-order valence-electron chi connectivity index (χ4n) is 2.38. The molecule has 0 bridgehead atoms. The van der Waals surface area contributed by atoms with Crippen molar-refractivity contribution in [3.63, 3.8) is 0 Å². The van der Waals surface area contributed by atoms with E-state index in [4.69, 9.17) is 5.73 Å². The molecule has 1 saturated carbocycles. The fraction of sp³-hybridized carbons (Fsp3) is 0.500. The smallest absolute Gasteiger partial charge is 0.253 e. The summed E-state index contributed by atoms with van der Waals surface area (Å²) in [4.78, 5) is 14.7. The summed E-state index contributed by atoms with van der Waals surface area (Å²) in [7, 11) is 0. The minimum atomic E-state index is 0.125. The number of amides is 1. The molecule has 0 radical (unpaired) electrons. The number of nitrogens with zero attached hydrogens (tertiary/aromatic N) is 1. The standard InChI is InChI=1S/C18H24N2O/c1-3-11-20(13-15-7-8-15)18(21)17-9-6-14(2)16(12-17)5-4-10-19/h6,9,12,15H,3,7-8,10-11,13,19H2,1-2H3. The van der Waals surface area contributed by atoms with Crippen LogP contribution in [0.2, 0.25) is 0 Å². The lowest BCUT2D eigenvalue weighted by molar-refractivity contribution is 0.0747. The van der Waals surface area contributed by atoms with E-state index in [-0.39, 0.29) is 5.91 Å². The molecule has 0 atom stereocenters. The first-order valence-electron chi connectivity index (χ1n) is 7.74. The summed E-state index contributed by atoms with van der Waals surface area (Å²) < 4.78 is 0. The van der Waals surface area contributed by atoms with Crippen LogP contribution in [0, 0.1) is 24.7 Å². The minimum absolute atomic E-state index is 0.125. The second-order valence-corrected chi connectivity index (χ2v) is 5.73. The average Bonchev–Trinajstić information content (AvgIpc) is 3.29. The molecule has 2 rings (SSSR count). The van der Waals surface area contributed by atoms with Crippen LogP contribution in [0.25, 0.3) is 0 Å². The number of aryl methyl sites for hydroxylation is 1. The summed E-state index contributed by atoms with van der Waals surface area (Å²) in [6.07, 6.45) is 3.51. The predicted molar refractivity (Wildman–Crippen MR) is 86.0 cm³/mol. The maximum Gasteiger partial charge on any atom is 0.253 e. The molecule has 1 aliphatic rings. The lowest BCUT2D eigenvalue weighted by atomic mass is 10.0. The monoisotopic (exact) mass is 284 g/mol. The lowest BCUT2D eigenvalue weighted by Gasteiger charge is -2.22. The van der Waals surface area contributed by atoms with Crippen LogP contribution in [-0.2, 0) is 0 Å². The van der Waals surface area contributed by atoms with Gasteiger partial charge in [-0.3, -0.25) is 4.79 Å². The molecule has 3 heteroatoms. The summed E-state index contributed by atoms with van der Waals surface area (Å²) in [5.74, 6) is 6.74. The van der Waals surface area contributed by atoms with E-state index in [1.54, 1.807) is 0 Å². The Morgan fingerprint density at radius 2 is 2.19 bits per heavy atom. The van der Waals surface area contributed by atoms with Crippen molar-refractivity contribution in [3.8, 4) is 11.8 Å². The summed E-state index contributed by atoms with van der Waals surface area (Å²) in [5, 5.41) is 0. The van der Waals surface area contributed by atoms with Gasteiger partial charge in [-0.05, 0) is 49.8 Å². The zero-order valence-corrected chi connectivity index (χ0v) is 13.0. The molecule has 1 amide bonds. The molecule has 0 unspecified atom stereocenters. The largest absolute Gasteiger partial charge is 0.338 e. The van der Waals surface area contributed by atoms with Gasteiger partial charge in [-0.15, -0.1) is 0 Å². The van der Waals surface area contributed by atoms with Crippen LogP contribution in [0.3, 0.4) is 0 Å². The van der Waals surface area contributed by atoms with Crippen molar-refractivity contribution < 1.29 is 4.79 Å². The molecule has 0 spiro atoms. The van der Waals surface area contributed by atoms with Crippen LogP contribution in [0.4, 0.5) is 0 Å². The molecular formula is C18H24N2O. The number of carbonyl (C=O) groups is 1. The fourth-order valence-corrected chi connectivity index (χ4v) is 2.38. The Morgan fingerprint density at radius 3 is 2.81 bits per heavy atom. The van der Waals surface area contributed by atoms with Crippen LogP contribution in [-0.4, -0.2) is 30.4 Å². The maximum atomic E-state index is 12.7. The molecule has 1 aliphatic carbocycles. The second kappa shape index (κ2) is 7.28. The maximum absolute atomic E-state index is 12.7. The van der Waals surface area contributed by atoms with Crippen molar-refractivity contribution in [2.24, 2.45) is 11.7 Å². The van der Waals surface area contributed by atoms with Crippen molar-refractivity contribution in [3.05, 3.63) is 34.9 Å². The molecule has 2 N–H and O–H groups in total. The molecule has 21 heavy (non-hydrogen) atoms. The van der Waals surface area contributed by atoms with Crippen LogP contribution >= 0.6 is 0 Å². The van der Waals surface area contributed by atoms with Crippen molar-refractivity contribution >= 4 is 5.91 Å². The molecule has 1 aromatic carbocycles. The van der Waals surface area contributed by atoms with E-state index in [1.165, 1.54) is 12.8 Å². The Balaban J connectivity index is 2.19. The normalized spacial score (nSPS) is 13.5. The summed E-state index contributed by atoms with van der Waals surface area (Å²) in [6, 6.07) is 5.77. The van der Waals surface area contributed by atoms with E-state index in [0.717, 1.165) is 36.2 Å². The highest BCUT2D eigenvalue weighted by atomic mass is 16.2. The number of hydrogen-bond acceptors (Lipinski definition) is 2. The Bertz CT molecular complexity index is 564. The molecule has 0 heterocycles. The highest BCUT2D eigenvalue weighted by Crippen LogP contribution is 2.30. The number of carbonyl (C=O) groups excluding carboxylic acids is 1. The van der Waals surface area contributed by atoms with Gasteiger partial charge in [0, 0.05) is 24.2 Å². The summed E-state index contributed by atoms with van der Waals surface area (Å²) in [6.45, 7) is 6.17. The molecule has 0 aromatic heterocycles. The van der Waals surface area contributed by atoms with E-state index < -0.39 is 0 Å². The van der Waals surface area contributed by atoms with Gasteiger partial charge in [0.2, 0.25) is 0 Å². The quantitative estimate of drug-likeness (QED) is 0.845. The SMILES string of the molecule is CCCN(CC1CC1)C(=O)c1ccc(C)c(C#CCN)c1. The van der Waals surface area contributed by atoms with E-state index in [1.807, 2.05) is 30.0 Å². The topological polar surface area (TPSA) is 46.3 Å². The third-order valence-electron chi connectivity index (χ3n) is 3.77. The predicted octanol–water partition coefficient (Wildman–Crippen LogP) is 2.57. The van der Waals surface area contributed by atoms with Gasteiger partial charge in [0.05, 0.1) is 6.54 Å². The summed E-state index contributed by atoms with van der Waals surface area (Å²) in [5.41, 5.74) is 8.14.